The maximum atomic E-state index is 3.62. The first-order valence-corrected chi connectivity index (χ1v) is 7.48. The third-order valence-corrected chi connectivity index (χ3v) is 3.94. The van der Waals surface area contributed by atoms with E-state index < -0.39 is 0 Å². The molecule has 0 aromatic heterocycles. The first-order chi connectivity index (χ1) is 9.60. The minimum atomic E-state index is 0.376. The molecule has 0 aliphatic rings. The quantitative estimate of drug-likeness (QED) is 0.826. The van der Waals surface area contributed by atoms with Crippen LogP contribution in [0, 0.1) is 13.8 Å². The molecule has 0 radical (unpaired) electrons. The molecule has 2 rings (SSSR count). The third kappa shape index (κ3) is 3.71. The number of hydrogen-bond donors (Lipinski definition) is 1. The van der Waals surface area contributed by atoms with Crippen molar-refractivity contribution < 1.29 is 0 Å². The first kappa shape index (κ1) is 14.8. The van der Waals surface area contributed by atoms with Crippen LogP contribution in [0.4, 0.5) is 0 Å². The van der Waals surface area contributed by atoms with Gasteiger partial charge in [-0.05, 0) is 49.4 Å². The fourth-order valence-corrected chi connectivity index (χ4v) is 2.50. The van der Waals surface area contributed by atoms with Crippen molar-refractivity contribution in [1.29, 1.82) is 0 Å². The minimum absolute atomic E-state index is 0.376. The van der Waals surface area contributed by atoms with E-state index in [0.717, 1.165) is 13.0 Å². The zero-order valence-corrected chi connectivity index (χ0v) is 13.0. The van der Waals surface area contributed by atoms with Crippen LogP contribution in [-0.2, 0) is 13.0 Å². The van der Waals surface area contributed by atoms with Crippen LogP contribution in [0.5, 0.6) is 0 Å². The summed E-state index contributed by atoms with van der Waals surface area (Å²) in [6, 6.07) is 15.9. The standard InChI is InChI=1S/C19H25N/c1-5-17-8-10-18(11-9-17)13-20-16(4)19-12-14(2)6-7-15(19)3/h6-12,16,20H,5,13H2,1-4H3. The van der Waals surface area contributed by atoms with Crippen LogP contribution >= 0.6 is 0 Å². The van der Waals surface area contributed by atoms with Gasteiger partial charge in [-0.25, -0.2) is 0 Å². The molecule has 1 atom stereocenters. The Hall–Kier alpha value is -1.60. The zero-order valence-electron chi connectivity index (χ0n) is 13.0. The van der Waals surface area contributed by atoms with Gasteiger partial charge in [0, 0.05) is 12.6 Å². The normalized spacial score (nSPS) is 12.4. The third-order valence-electron chi connectivity index (χ3n) is 3.94. The lowest BCUT2D eigenvalue weighted by Gasteiger charge is -2.17. The molecule has 0 aliphatic carbocycles. The Labute approximate surface area is 123 Å². The predicted octanol–water partition coefficient (Wildman–Crippen LogP) is 4.72. The highest BCUT2D eigenvalue weighted by molar-refractivity contribution is 5.32. The summed E-state index contributed by atoms with van der Waals surface area (Å²) in [6.45, 7) is 9.68. The van der Waals surface area contributed by atoms with Crippen LogP contribution in [0.25, 0.3) is 0 Å². The van der Waals surface area contributed by atoms with E-state index in [0.29, 0.717) is 6.04 Å². The van der Waals surface area contributed by atoms with Gasteiger partial charge in [0.2, 0.25) is 0 Å². The average Bonchev–Trinajstić information content (AvgIpc) is 2.47. The van der Waals surface area contributed by atoms with Crippen molar-refractivity contribution in [3.05, 3.63) is 70.3 Å². The minimum Gasteiger partial charge on any atom is -0.306 e. The lowest BCUT2D eigenvalue weighted by atomic mass is 10.00. The Morgan fingerprint density at radius 1 is 0.950 bits per heavy atom. The molecule has 0 saturated carbocycles. The maximum absolute atomic E-state index is 3.62. The summed E-state index contributed by atoms with van der Waals surface area (Å²) in [5.41, 5.74) is 6.83. The Bertz CT molecular complexity index is 554. The van der Waals surface area contributed by atoms with Gasteiger partial charge in [-0.1, -0.05) is 55.0 Å². The number of rotatable bonds is 5. The molecule has 2 aromatic carbocycles. The van der Waals surface area contributed by atoms with E-state index in [4.69, 9.17) is 0 Å². The fraction of sp³-hybridized carbons (Fsp3) is 0.368. The molecule has 1 unspecified atom stereocenters. The van der Waals surface area contributed by atoms with Crippen LogP contribution < -0.4 is 5.32 Å². The number of benzene rings is 2. The molecular weight excluding hydrogens is 242 g/mol. The van der Waals surface area contributed by atoms with E-state index in [2.05, 4.69) is 75.5 Å². The van der Waals surface area contributed by atoms with Gasteiger partial charge >= 0.3 is 0 Å². The van der Waals surface area contributed by atoms with Gasteiger partial charge in [-0.3, -0.25) is 0 Å². The topological polar surface area (TPSA) is 12.0 Å². The van der Waals surface area contributed by atoms with Crippen LogP contribution in [0.1, 0.15) is 47.7 Å². The van der Waals surface area contributed by atoms with Crippen LogP contribution in [-0.4, -0.2) is 0 Å². The Morgan fingerprint density at radius 2 is 1.60 bits per heavy atom. The van der Waals surface area contributed by atoms with Gasteiger partial charge in [0.05, 0.1) is 0 Å². The van der Waals surface area contributed by atoms with E-state index in [9.17, 15) is 0 Å². The largest absolute Gasteiger partial charge is 0.306 e. The first-order valence-electron chi connectivity index (χ1n) is 7.48. The van der Waals surface area contributed by atoms with E-state index in [1.54, 1.807) is 0 Å². The van der Waals surface area contributed by atoms with Crippen molar-refractivity contribution >= 4 is 0 Å². The van der Waals surface area contributed by atoms with E-state index in [-0.39, 0.29) is 0 Å². The summed E-state index contributed by atoms with van der Waals surface area (Å²) in [6.07, 6.45) is 1.10. The SMILES string of the molecule is CCc1ccc(CNC(C)c2cc(C)ccc2C)cc1. The molecule has 0 bridgehead atoms. The molecule has 0 fully saturated rings. The van der Waals surface area contributed by atoms with Gasteiger partial charge < -0.3 is 5.32 Å². The lowest BCUT2D eigenvalue weighted by Crippen LogP contribution is -2.19. The Kier molecular flexibility index (Phi) is 4.97. The Morgan fingerprint density at radius 3 is 2.25 bits per heavy atom. The molecule has 1 nitrogen and oxygen atoms in total. The highest BCUT2D eigenvalue weighted by Crippen LogP contribution is 2.19. The lowest BCUT2D eigenvalue weighted by molar-refractivity contribution is 0.572. The average molecular weight is 267 g/mol. The van der Waals surface area contributed by atoms with Crippen molar-refractivity contribution in [3.63, 3.8) is 0 Å². The molecule has 0 heterocycles. The molecule has 0 saturated heterocycles. The number of aryl methyl sites for hydroxylation is 3. The van der Waals surface area contributed by atoms with Crippen molar-refractivity contribution in [3.8, 4) is 0 Å². The summed E-state index contributed by atoms with van der Waals surface area (Å²) >= 11 is 0. The molecular formula is C19H25N. The van der Waals surface area contributed by atoms with E-state index in [1.807, 2.05) is 0 Å². The second-order valence-electron chi connectivity index (χ2n) is 5.63. The van der Waals surface area contributed by atoms with Crippen molar-refractivity contribution in [2.24, 2.45) is 0 Å². The van der Waals surface area contributed by atoms with Crippen molar-refractivity contribution in [2.75, 3.05) is 0 Å². The molecule has 106 valence electrons. The molecule has 0 aliphatic heterocycles. The second-order valence-corrected chi connectivity index (χ2v) is 5.63. The predicted molar refractivity (Wildman–Crippen MR) is 87.0 cm³/mol. The van der Waals surface area contributed by atoms with Crippen LogP contribution in [0.15, 0.2) is 42.5 Å². The molecule has 1 heteroatoms. The monoisotopic (exact) mass is 267 g/mol. The maximum Gasteiger partial charge on any atom is 0.0297 e. The number of nitrogens with one attached hydrogen (secondary N) is 1. The van der Waals surface area contributed by atoms with Gasteiger partial charge in [-0.2, -0.15) is 0 Å². The number of hydrogen-bond acceptors (Lipinski definition) is 1. The highest BCUT2D eigenvalue weighted by Gasteiger charge is 2.08. The summed E-state index contributed by atoms with van der Waals surface area (Å²) in [4.78, 5) is 0. The molecule has 0 spiro atoms. The van der Waals surface area contributed by atoms with Gasteiger partial charge in [0.25, 0.3) is 0 Å². The van der Waals surface area contributed by atoms with Gasteiger partial charge in [0.1, 0.15) is 0 Å². The summed E-state index contributed by atoms with van der Waals surface area (Å²) in [5.74, 6) is 0. The van der Waals surface area contributed by atoms with Gasteiger partial charge in [0.15, 0.2) is 0 Å². The van der Waals surface area contributed by atoms with Crippen LogP contribution in [0.2, 0.25) is 0 Å². The summed E-state index contributed by atoms with van der Waals surface area (Å²) in [5, 5.41) is 3.62. The molecule has 0 amide bonds. The Balaban J connectivity index is 2.00. The zero-order chi connectivity index (χ0) is 14.5. The molecule has 2 aromatic rings. The van der Waals surface area contributed by atoms with Gasteiger partial charge in [-0.15, -0.1) is 0 Å². The van der Waals surface area contributed by atoms with E-state index in [1.165, 1.54) is 27.8 Å². The fourth-order valence-electron chi connectivity index (χ4n) is 2.50. The second kappa shape index (κ2) is 6.71. The summed E-state index contributed by atoms with van der Waals surface area (Å²) in [7, 11) is 0. The molecule has 1 N–H and O–H groups in total. The smallest absolute Gasteiger partial charge is 0.0297 e. The summed E-state index contributed by atoms with van der Waals surface area (Å²) < 4.78 is 0. The van der Waals surface area contributed by atoms with Crippen molar-refractivity contribution in [1.82, 2.24) is 5.32 Å². The van der Waals surface area contributed by atoms with Crippen molar-refractivity contribution in [2.45, 2.75) is 46.7 Å². The molecule has 20 heavy (non-hydrogen) atoms. The van der Waals surface area contributed by atoms with E-state index >= 15 is 0 Å². The highest BCUT2D eigenvalue weighted by atomic mass is 14.9. The van der Waals surface area contributed by atoms with Crippen LogP contribution in [0.3, 0.4) is 0 Å².